The van der Waals surface area contributed by atoms with Crippen molar-refractivity contribution in [3.8, 4) is 11.5 Å². The lowest BCUT2D eigenvalue weighted by Crippen LogP contribution is -2.27. The largest absolute Gasteiger partial charge is 0.497 e. The van der Waals surface area contributed by atoms with Crippen LogP contribution >= 0.6 is 47.2 Å². The summed E-state index contributed by atoms with van der Waals surface area (Å²) in [6.45, 7) is 0. The molecule has 1 aliphatic heterocycles. The Morgan fingerprint density at radius 3 is 2.42 bits per heavy atom. The molecule has 3 rings (SSSR count). The molecule has 0 spiro atoms. The number of hydrogen-bond donors (Lipinski definition) is 0. The van der Waals surface area contributed by atoms with Gasteiger partial charge in [-0.05, 0) is 30.3 Å². The van der Waals surface area contributed by atoms with E-state index < -0.39 is 0 Å². The van der Waals surface area contributed by atoms with Gasteiger partial charge in [0.05, 0.1) is 24.8 Å². The van der Waals surface area contributed by atoms with Crippen molar-refractivity contribution in [2.45, 2.75) is 0 Å². The van der Waals surface area contributed by atoms with E-state index in [0.717, 1.165) is 0 Å². The van der Waals surface area contributed by atoms with E-state index in [-0.39, 0.29) is 5.91 Å². The second-order valence-electron chi connectivity index (χ2n) is 5.19. The number of benzene rings is 2. The molecule has 1 saturated heterocycles. The normalized spacial score (nSPS) is 15.7. The van der Waals surface area contributed by atoms with Crippen LogP contribution in [0.4, 0.5) is 5.69 Å². The van der Waals surface area contributed by atoms with E-state index in [9.17, 15) is 4.79 Å². The van der Waals surface area contributed by atoms with Gasteiger partial charge in [-0.2, -0.15) is 0 Å². The van der Waals surface area contributed by atoms with Gasteiger partial charge in [-0.1, -0.05) is 53.2 Å². The number of ether oxygens (including phenoxy) is 2. The fourth-order valence-corrected chi connectivity index (χ4v) is 4.20. The zero-order valence-corrected chi connectivity index (χ0v) is 16.9. The lowest BCUT2D eigenvalue weighted by Gasteiger charge is -2.18. The van der Waals surface area contributed by atoms with E-state index in [1.807, 2.05) is 0 Å². The fourth-order valence-electron chi connectivity index (χ4n) is 2.42. The van der Waals surface area contributed by atoms with Crippen LogP contribution in [0.2, 0.25) is 10.0 Å². The Balaban J connectivity index is 2.02. The van der Waals surface area contributed by atoms with Gasteiger partial charge in [0.25, 0.3) is 5.91 Å². The van der Waals surface area contributed by atoms with Crippen molar-refractivity contribution in [2.75, 3.05) is 19.1 Å². The summed E-state index contributed by atoms with van der Waals surface area (Å²) in [5.41, 5.74) is 1.13. The predicted molar refractivity (Wildman–Crippen MR) is 112 cm³/mol. The number of amides is 1. The van der Waals surface area contributed by atoms with Crippen LogP contribution in [0.25, 0.3) is 6.08 Å². The number of rotatable bonds is 4. The summed E-state index contributed by atoms with van der Waals surface area (Å²) < 4.78 is 11.0. The average Bonchev–Trinajstić information content (AvgIpc) is 2.91. The van der Waals surface area contributed by atoms with Crippen LogP contribution in [0.5, 0.6) is 11.5 Å². The lowest BCUT2D eigenvalue weighted by atomic mass is 10.2. The van der Waals surface area contributed by atoms with E-state index in [1.54, 1.807) is 49.6 Å². The summed E-state index contributed by atoms with van der Waals surface area (Å²) in [7, 11) is 3.08. The first kappa shape index (κ1) is 19.0. The Labute approximate surface area is 170 Å². The monoisotopic (exact) mass is 425 g/mol. The summed E-state index contributed by atoms with van der Waals surface area (Å²) in [6, 6.07) is 10.3. The standard InChI is InChI=1S/C18H13Cl2NO3S2/c1-23-10-6-7-14(15(8-10)24-2)21-17(22)16(26-18(21)25)9-11-12(19)4-3-5-13(11)20/h3-9H,1-2H3/b16-9-. The maximum atomic E-state index is 12.9. The molecule has 2 aromatic carbocycles. The fraction of sp³-hybridized carbons (Fsp3) is 0.111. The van der Waals surface area contributed by atoms with Gasteiger partial charge < -0.3 is 9.47 Å². The number of nitrogens with zero attached hydrogens (tertiary/aromatic N) is 1. The van der Waals surface area contributed by atoms with Crippen LogP contribution in [-0.4, -0.2) is 24.4 Å². The van der Waals surface area contributed by atoms with E-state index in [0.29, 0.717) is 42.0 Å². The second kappa shape index (κ2) is 7.88. The third-order valence-electron chi connectivity index (χ3n) is 3.70. The van der Waals surface area contributed by atoms with E-state index in [1.165, 1.54) is 23.8 Å². The summed E-state index contributed by atoms with van der Waals surface area (Å²) in [5, 5.41) is 0.926. The van der Waals surface area contributed by atoms with Crippen molar-refractivity contribution in [3.05, 3.63) is 56.9 Å². The average molecular weight is 426 g/mol. The van der Waals surface area contributed by atoms with Crippen LogP contribution in [0.3, 0.4) is 0 Å². The highest BCUT2D eigenvalue weighted by molar-refractivity contribution is 8.27. The molecule has 0 aliphatic carbocycles. The molecule has 0 unspecified atom stereocenters. The number of anilines is 1. The number of halogens is 2. The molecular weight excluding hydrogens is 413 g/mol. The first-order chi connectivity index (χ1) is 12.5. The SMILES string of the molecule is COc1ccc(N2C(=O)/C(=C/c3c(Cl)cccc3Cl)SC2=S)c(OC)c1. The van der Waals surface area contributed by atoms with Gasteiger partial charge in [0.15, 0.2) is 4.32 Å². The van der Waals surface area contributed by atoms with Crippen molar-refractivity contribution < 1.29 is 14.3 Å². The van der Waals surface area contributed by atoms with Gasteiger partial charge >= 0.3 is 0 Å². The highest BCUT2D eigenvalue weighted by Crippen LogP contribution is 2.42. The summed E-state index contributed by atoms with van der Waals surface area (Å²) >= 11 is 19.0. The van der Waals surface area contributed by atoms with Gasteiger partial charge in [-0.25, -0.2) is 0 Å². The molecule has 134 valence electrons. The number of carbonyl (C=O) groups excluding carboxylic acids is 1. The molecule has 4 nitrogen and oxygen atoms in total. The molecule has 1 aliphatic rings. The van der Waals surface area contributed by atoms with Crippen molar-refractivity contribution in [3.63, 3.8) is 0 Å². The minimum absolute atomic E-state index is 0.264. The number of hydrogen-bond acceptors (Lipinski definition) is 5. The molecule has 8 heteroatoms. The minimum atomic E-state index is -0.264. The molecule has 0 N–H and O–H groups in total. The topological polar surface area (TPSA) is 38.8 Å². The predicted octanol–water partition coefficient (Wildman–Crippen LogP) is 5.42. The van der Waals surface area contributed by atoms with Gasteiger partial charge in [0, 0.05) is 21.7 Å². The molecule has 0 bridgehead atoms. The first-order valence-corrected chi connectivity index (χ1v) is 9.38. The molecule has 1 amide bonds. The molecule has 2 aromatic rings. The van der Waals surface area contributed by atoms with Crippen LogP contribution < -0.4 is 14.4 Å². The van der Waals surface area contributed by atoms with Crippen LogP contribution in [-0.2, 0) is 4.79 Å². The van der Waals surface area contributed by atoms with E-state index in [2.05, 4.69) is 0 Å². The third kappa shape index (κ3) is 3.55. The Morgan fingerprint density at radius 2 is 1.81 bits per heavy atom. The van der Waals surface area contributed by atoms with E-state index in [4.69, 9.17) is 44.9 Å². The van der Waals surface area contributed by atoms with Gasteiger partial charge in [0.1, 0.15) is 11.5 Å². The zero-order chi connectivity index (χ0) is 18.8. The smallest absolute Gasteiger partial charge is 0.270 e. The molecule has 1 fully saturated rings. The first-order valence-electron chi connectivity index (χ1n) is 7.40. The Hall–Kier alpha value is -1.73. The van der Waals surface area contributed by atoms with Crippen LogP contribution in [0, 0.1) is 0 Å². The second-order valence-corrected chi connectivity index (χ2v) is 7.68. The zero-order valence-electron chi connectivity index (χ0n) is 13.8. The number of thiocarbonyl (C=S) groups is 1. The lowest BCUT2D eigenvalue weighted by molar-refractivity contribution is -0.113. The van der Waals surface area contributed by atoms with Crippen molar-refractivity contribution in [1.29, 1.82) is 0 Å². The number of methoxy groups -OCH3 is 2. The van der Waals surface area contributed by atoms with Crippen molar-refractivity contribution >= 4 is 69.2 Å². The highest BCUT2D eigenvalue weighted by atomic mass is 35.5. The summed E-state index contributed by atoms with van der Waals surface area (Å²) in [5.74, 6) is 0.839. The summed E-state index contributed by atoms with van der Waals surface area (Å²) in [6.07, 6.45) is 1.65. The highest BCUT2D eigenvalue weighted by Gasteiger charge is 2.35. The third-order valence-corrected chi connectivity index (χ3v) is 5.66. The molecule has 0 atom stereocenters. The molecule has 1 heterocycles. The Bertz CT molecular complexity index is 910. The van der Waals surface area contributed by atoms with Gasteiger partial charge in [0.2, 0.25) is 0 Å². The van der Waals surface area contributed by atoms with Crippen molar-refractivity contribution in [1.82, 2.24) is 0 Å². The minimum Gasteiger partial charge on any atom is -0.497 e. The summed E-state index contributed by atoms with van der Waals surface area (Å²) in [4.78, 5) is 14.8. The van der Waals surface area contributed by atoms with Crippen LogP contribution in [0.15, 0.2) is 41.3 Å². The number of carbonyl (C=O) groups is 1. The van der Waals surface area contributed by atoms with Gasteiger partial charge in [-0.3, -0.25) is 9.69 Å². The Morgan fingerprint density at radius 1 is 1.12 bits per heavy atom. The maximum absolute atomic E-state index is 12.9. The molecule has 26 heavy (non-hydrogen) atoms. The number of thioether (sulfide) groups is 1. The molecular formula is C18H13Cl2NO3S2. The van der Waals surface area contributed by atoms with Gasteiger partial charge in [-0.15, -0.1) is 0 Å². The van der Waals surface area contributed by atoms with Crippen molar-refractivity contribution in [2.24, 2.45) is 0 Å². The molecule has 0 saturated carbocycles. The van der Waals surface area contributed by atoms with E-state index >= 15 is 0 Å². The maximum Gasteiger partial charge on any atom is 0.270 e. The van der Waals surface area contributed by atoms with Crippen LogP contribution in [0.1, 0.15) is 5.56 Å². The molecule has 0 radical (unpaired) electrons. The Kier molecular flexibility index (Phi) is 5.77. The quantitative estimate of drug-likeness (QED) is 0.483. The molecule has 0 aromatic heterocycles.